The quantitative estimate of drug-likeness (QED) is 0.135. The Labute approximate surface area is 350 Å². The number of nitrogens with zero attached hydrogens (tertiary/aromatic N) is 1. The largest absolute Gasteiger partial charge is 0.508 e. The van der Waals surface area contributed by atoms with E-state index >= 15 is 0 Å². The van der Waals surface area contributed by atoms with Crippen LogP contribution in [-0.2, 0) is 4.74 Å². The number of aromatic hydroxyl groups is 1. The Balaban J connectivity index is 0.868. The molecule has 4 heteroatoms. The van der Waals surface area contributed by atoms with Crippen LogP contribution in [0.15, 0.2) is 71.8 Å². The lowest BCUT2D eigenvalue weighted by atomic mass is 9.31. The average Bonchev–Trinajstić information content (AvgIpc) is 3.42. The lowest BCUT2D eigenvalue weighted by Crippen LogP contribution is -2.73. The molecule has 14 atom stereocenters. The summed E-state index contributed by atoms with van der Waals surface area (Å²) in [5, 5.41) is 22.1. The second-order valence-corrected chi connectivity index (χ2v) is 22.2. The Bertz CT molecular complexity index is 2050. The number of ether oxygens (including phenoxy) is 1. The highest BCUT2D eigenvalue weighted by atomic mass is 16.5. The predicted octanol–water partition coefficient (Wildman–Crippen LogP) is 12.4. The first-order valence-corrected chi connectivity index (χ1v) is 24.4. The summed E-state index contributed by atoms with van der Waals surface area (Å²) >= 11 is 0. The number of fused-ring (bicyclic) bond motifs is 4. The number of hydrogen-bond donors (Lipinski definition) is 2. The molecule has 5 saturated carbocycles. The Morgan fingerprint density at radius 1 is 0.966 bits per heavy atom. The van der Waals surface area contributed by atoms with E-state index in [2.05, 4.69) is 81.2 Å². The van der Waals surface area contributed by atoms with Gasteiger partial charge in [-0.25, -0.2) is 0 Å². The van der Waals surface area contributed by atoms with Crippen LogP contribution < -0.4 is 0 Å². The minimum absolute atomic E-state index is 0.0124. The van der Waals surface area contributed by atoms with E-state index in [1.54, 1.807) is 5.57 Å². The van der Waals surface area contributed by atoms with Crippen molar-refractivity contribution < 1.29 is 14.9 Å². The standard InChI is InChI=1S/C54H73NO3/c1-5-38(41-12-13-43-31-44(57)16-14-42(43)30-41)10-6-7-29-58-45-17-15-40-19-24-50(47(40)32-45)33-37(3)53-27-18-36(2)48(53)34-54(50)49(53,4)22-9-23-52(54)26-21-46-39(11-8-28-56)20-25-51(46)35-55(51)52/h9,12-14,16,21,23,26,30-31,37-40,45-47,56-57H,5-8,10-11,15,17-20,22,24-25,27-29,32-35H2,1-4H3. The normalized spacial score (nSPS) is 45.8. The van der Waals surface area contributed by atoms with Gasteiger partial charge < -0.3 is 14.9 Å². The molecule has 4 spiro atoms. The van der Waals surface area contributed by atoms with Crippen LogP contribution in [0.1, 0.15) is 155 Å². The van der Waals surface area contributed by atoms with Crippen molar-refractivity contribution in [3.63, 3.8) is 0 Å². The summed E-state index contributed by atoms with van der Waals surface area (Å²) in [5.74, 6) is 4.66. The van der Waals surface area contributed by atoms with Gasteiger partial charge in [0, 0.05) is 36.1 Å². The zero-order valence-corrected chi connectivity index (χ0v) is 36.4. The Hall–Kier alpha value is -2.40. The smallest absolute Gasteiger partial charge is 0.116 e. The maximum Gasteiger partial charge on any atom is 0.116 e. The molecule has 2 aromatic rings. The summed E-state index contributed by atoms with van der Waals surface area (Å²) in [6.45, 7) is 13.0. The SMILES string of the molecule is CCC(CCCCOC1CCC2CCC3(CC(C)C45CCC(C)=C4CC34C3(C=CCC54C)C=CC4C(CCCO)CCC45CN53)C2C1)c1ccc2cc(O)ccc2c1. The third-order valence-corrected chi connectivity index (χ3v) is 20.7. The lowest BCUT2D eigenvalue weighted by molar-refractivity contribution is -0.237. The van der Waals surface area contributed by atoms with Crippen molar-refractivity contribution in [2.24, 2.45) is 51.2 Å². The number of aliphatic hydroxyl groups excluding tert-OH is 1. The van der Waals surface area contributed by atoms with Crippen LogP contribution in [0.5, 0.6) is 5.75 Å². The van der Waals surface area contributed by atoms with Gasteiger partial charge in [-0.05, 0) is 191 Å². The van der Waals surface area contributed by atoms with E-state index in [1.807, 2.05) is 17.7 Å². The highest BCUT2D eigenvalue weighted by Crippen LogP contribution is 2.90. The number of unbranched alkanes of at least 4 members (excludes halogenated alkanes) is 1. The molecule has 4 nitrogen and oxygen atoms in total. The molecule has 14 unspecified atom stereocenters. The van der Waals surface area contributed by atoms with Gasteiger partial charge in [0.05, 0.1) is 11.6 Å². The van der Waals surface area contributed by atoms with Crippen LogP contribution in [0.2, 0.25) is 0 Å². The van der Waals surface area contributed by atoms with Gasteiger partial charge in [-0.15, -0.1) is 0 Å². The zero-order valence-electron chi connectivity index (χ0n) is 36.4. The van der Waals surface area contributed by atoms with E-state index in [4.69, 9.17) is 4.74 Å². The molecule has 0 aromatic heterocycles. The summed E-state index contributed by atoms with van der Waals surface area (Å²) in [4.78, 5) is 3.15. The van der Waals surface area contributed by atoms with Gasteiger partial charge in [-0.1, -0.05) is 86.9 Å². The van der Waals surface area contributed by atoms with Crippen molar-refractivity contribution in [2.75, 3.05) is 19.8 Å². The molecule has 11 rings (SSSR count). The predicted molar refractivity (Wildman–Crippen MR) is 236 cm³/mol. The molecule has 9 aliphatic rings. The third-order valence-electron chi connectivity index (χ3n) is 20.7. The second kappa shape index (κ2) is 13.5. The van der Waals surface area contributed by atoms with E-state index in [0.717, 1.165) is 54.9 Å². The molecule has 2 aromatic carbocycles. The van der Waals surface area contributed by atoms with Gasteiger partial charge in [0.25, 0.3) is 0 Å². The Kier molecular flexibility index (Phi) is 9.00. The summed E-state index contributed by atoms with van der Waals surface area (Å²) in [6, 6.07) is 12.6. The van der Waals surface area contributed by atoms with Crippen molar-refractivity contribution >= 4 is 10.8 Å². The number of benzene rings is 2. The molecule has 1 saturated heterocycles. The van der Waals surface area contributed by atoms with Crippen molar-refractivity contribution in [3.05, 3.63) is 77.4 Å². The maximum absolute atomic E-state index is 9.95. The first kappa shape index (κ1) is 38.5. The number of allylic oxidation sites excluding steroid dienone is 3. The van der Waals surface area contributed by atoms with Gasteiger partial charge in [0.2, 0.25) is 0 Å². The molecule has 2 aliphatic heterocycles. The monoisotopic (exact) mass is 784 g/mol. The van der Waals surface area contributed by atoms with Crippen molar-refractivity contribution in [2.45, 2.75) is 166 Å². The van der Waals surface area contributed by atoms with Crippen LogP contribution in [0.25, 0.3) is 10.8 Å². The molecule has 2 N–H and O–H groups in total. The molecular formula is C54H73NO3. The molecule has 58 heavy (non-hydrogen) atoms. The molecule has 312 valence electrons. The van der Waals surface area contributed by atoms with Crippen molar-refractivity contribution in [3.8, 4) is 5.75 Å². The number of phenolic OH excluding ortho intramolecular Hbond substituents is 1. The minimum Gasteiger partial charge on any atom is -0.508 e. The highest BCUT2D eigenvalue weighted by molar-refractivity contribution is 5.84. The van der Waals surface area contributed by atoms with E-state index in [0.29, 0.717) is 46.7 Å². The van der Waals surface area contributed by atoms with E-state index in [-0.39, 0.29) is 16.4 Å². The van der Waals surface area contributed by atoms with E-state index < -0.39 is 0 Å². The topological polar surface area (TPSA) is 52.7 Å². The molecule has 0 radical (unpaired) electrons. The Morgan fingerprint density at radius 3 is 2.69 bits per heavy atom. The molecular weight excluding hydrogens is 711 g/mol. The van der Waals surface area contributed by atoms with Crippen molar-refractivity contribution in [1.29, 1.82) is 0 Å². The summed E-state index contributed by atoms with van der Waals surface area (Å²) in [6.07, 6.45) is 34.7. The molecule has 0 amide bonds. The van der Waals surface area contributed by atoms with Crippen LogP contribution in [0.3, 0.4) is 0 Å². The molecule has 2 bridgehead atoms. The molecule has 7 aliphatic carbocycles. The first-order valence-electron chi connectivity index (χ1n) is 24.4. The Morgan fingerprint density at radius 2 is 1.83 bits per heavy atom. The van der Waals surface area contributed by atoms with Crippen LogP contribution in [-0.4, -0.2) is 52.1 Å². The first-order chi connectivity index (χ1) is 28.1. The lowest BCUT2D eigenvalue weighted by Gasteiger charge is -2.74. The molecule has 2 heterocycles. The summed E-state index contributed by atoms with van der Waals surface area (Å²) < 4.78 is 7.05. The molecule has 6 fully saturated rings. The van der Waals surface area contributed by atoms with Crippen LogP contribution >= 0.6 is 0 Å². The van der Waals surface area contributed by atoms with Gasteiger partial charge in [-0.3, -0.25) is 4.90 Å². The third kappa shape index (κ3) is 4.81. The maximum atomic E-state index is 9.95. The second-order valence-electron chi connectivity index (χ2n) is 22.2. The number of aliphatic hydroxyl groups is 1. The number of hydrogen-bond acceptors (Lipinski definition) is 4. The highest BCUT2D eigenvalue weighted by Gasteiger charge is 2.87. The van der Waals surface area contributed by atoms with Gasteiger partial charge in [0.15, 0.2) is 0 Å². The van der Waals surface area contributed by atoms with Gasteiger partial charge >= 0.3 is 0 Å². The fourth-order valence-corrected chi connectivity index (χ4v) is 18.5. The van der Waals surface area contributed by atoms with Crippen LogP contribution in [0, 0.1) is 51.2 Å². The van der Waals surface area contributed by atoms with E-state index in [9.17, 15) is 10.2 Å². The summed E-state index contributed by atoms with van der Waals surface area (Å²) in [5.41, 5.74) is 6.66. The summed E-state index contributed by atoms with van der Waals surface area (Å²) in [7, 11) is 0. The van der Waals surface area contributed by atoms with E-state index in [1.165, 1.54) is 114 Å². The number of phenols is 1. The number of rotatable bonds is 11. The fraction of sp³-hybridized carbons (Fsp3) is 0.704. The van der Waals surface area contributed by atoms with Crippen molar-refractivity contribution in [1.82, 2.24) is 4.90 Å². The minimum atomic E-state index is 0.0124. The average molecular weight is 784 g/mol. The van der Waals surface area contributed by atoms with Gasteiger partial charge in [-0.2, -0.15) is 0 Å². The zero-order chi connectivity index (χ0) is 39.7. The fourth-order valence-electron chi connectivity index (χ4n) is 18.5. The van der Waals surface area contributed by atoms with Gasteiger partial charge in [0.1, 0.15) is 5.75 Å². The van der Waals surface area contributed by atoms with Crippen LogP contribution in [0.4, 0.5) is 0 Å².